The minimum atomic E-state index is 0.328. The van der Waals surface area contributed by atoms with E-state index in [0.717, 1.165) is 17.3 Å². The smallest absolute Gasteiger partial charge is 0.178 e. The molecule has 0 radical (unpaired) electrons. The van der Waals surface area contributed by atoms with Gasteiger partial charge in [-0.2, -0.15) is 4.52 Å². The summed E-state index contributed by atoms with van der Waals surface area (Å²) in [6, 6.07) is 4.55. The van der Waals surface area contributed by atoms with Gasteiger partial charge in [0.2, 0.25) is 0 Å². The van der Waals surface area contributed by atoms with Crippen LogP contribution in [0.2, 0.25) is 0 Å². The van der Waals surface area contributed by atoms with E-state index in [1.807, 2.05) is 16.6 Å². The Morgan fingerprint density at radius 2 is 2.00 bits per heavy atom. The van der Waals surface area contributed by atoms with Crippen molar-refractivity contribution in [3.63, 3.8) is 0 Å². The summed E-state index contributed by atoms with van der Waals surface area (Å²) in [5.41, 5.74) is 0.815. The molecular formula is C13H19N5. The molecule has 0 aliphatic heterocycles. The fourth-order valence-electron chi connectivity index (χ4n) is 2.52. The van der Waals surface area contributed by atoms with Crippen LogP contribution in [0.25, 0.3) is 5.65 Å². The monoisotopic (exact) mass is 245 g/mol. The van der Waals surface area contributed by atoms with E-state index >= 15 is 0 Å². The van der Waals surface area contributed by atoms with Crippen molar-refractivity contribution < 1.29 is 0 Å². The molecule has 1 saturated carbocycles. The lowest BCUT2D eigenvalue weighted by molar-refractivity contribution is 0.709. The lowest BCUT2D eigenvalue weighted by Gasteiger charge is -2.12. The quantitative estimate of drug-likeness (QED) is 0.903. The van der Waals surface area contributed by atoms with Crippen molar-refractivity contribution in [3.8, 4) is 0 Å². The number of hydrogen-bond acceptors (Lipinski definition) is 4. The Kier molecular flexibility index (Phi) is 2.89. The highest BCUT2D eigenvalue weighted by atomic mass is 15.4. The van der Waals surface area contributed by atoms with Crippen LogP contribution in [0.1, 0.15) is 51.3 Å². The van der Waals surface area contributed by atoms with Crippen LogP contribution in [0.15, 0.2) is 12.1 Å². The summed E-state index contributed by atoms with van der Waals surface area (Å²) in [5.74, 6) is 2.17. The lowest BCUT2D eigenvalue weighted by atomic mass is 10.2. The summed E-state index contributed by atoms with van der Waals surface area (Å²) in [4.78, 5) is 0. The molecule has 3 rings (SSSR count). The molecule has 5 heteroatoms. The first-order valence-corrected chi connectivity index (χ1v) is 6.73. The summed E-state index contributed by atoms with van der Waals surface area (Å²) in [6.45, 7) is 4.21. The Morgan fingerprint density at radius 3 is 2.72 bits per heavy atom. The van der Waals surface area contributed by atoms with Gasteiger partial charge in [0.05, 0.1) is 0 Å². The van der Waals surface area contributed by atoms with Crippen molar-refractivity contribution in [3.05, 3.63) is 18.0 Å². The van der Waals surface area contributed by atoms with Crippen LogP contribution >= 0.6 is 0 Å². The molecule has 1 N–H and O–H groups in total. The van der Waals surface area contributed by atoms with E-state index in [-0.39, 0.29) is 0 Å². The van der Waals surface area contributed by atoms with E-state index in [4.69, 9.17) is 0 Å². The van der Waals surface area contributed by atoms with Crippen molar-refractivity contribution in [2.45, 2.75) is 51.5 Å². The molecule has 1 fully saturated rings. The zero-order chi connectivity index (χ0) is 12.5. The van der Waals surface area contributed by atoms with Gasteiger partial charge >= 0.3 is 0 Å². The number of nitrogens with one attached hydrogen (secondary N) is 1. The zero-order valence-electron chi connectivity index (χ0n) is 10.9. The maximum absolute atomic E-state index is 4.60. The van der Waals surface area contributed by atoms with Crippen LogP contribution in [0, 0.1) is 0 Å². The Labute approximate surface area is 107 Å². The molecule has 0 spiro atoms. The third-order valence-corrected chi connectivity index (χ3v) is 3.51. The second-order valence-corrected chi connectivity index (χ2v) is 5.33. The molecule has 2 aromatic rings. The van der Waals surface area contributed by atoms with Crippen molar-refractivity contribution in [2.75, 3.05) is 5.32 Å². The molecule has 2 heterocycles. The van der Waals surface area contributed by atoms with Gasteiger partial charge in [0, 0.05) is 12.0 Å². The Bertz CT molecular complexity index is 539. The summed E-state index contributed by atoms with van der Waals surface area (Å²) in [5, 5.41) is 16.4. The second-order valence-electron chi connectivity index (χ2n) is 5.33. The Balaban J connectivity index is 1.91. The van der Waals surface area contributed by atoms with Crippen LogP contribution in [0.5, 0.6) is 0 Å². The number of fused-ring (bicyclic) bond motifs is 1. The first-order chi connectivity index (χ1) is 8.74. The highest BCUT2D eigenvalue weighted by molar-refractivity contribution is 5.44. The summed E-state index contributed by atoms with van der Waals surface area (Å²) >= 11 is 0. The molecule has 0 atom stereocenters. The van der Waals surface area contributed by atoms with Crippen LogP contribution in [0.4, 0.5) is 5.82 Å². The van der Waals surface area contributed by atoms with Gasteiger partial charge in [0.25, 0.3) is 0 Å². The third kappa shape index (κ3) is 2.05. The average molecular weight is 245 g/mol. The van der Waals surface area contributed by atoms with Gasteiger partial charge in [0.15, 0.2) is 11.5 Å². The molecule has 0 aromatic carbocycles. The maximum Gasteiger partial charge on any atom is 0.178 e. The molecule has 0 bridgehead atoms. The summed E-state index contributed by atoms with van der Waals surface area (Å²) < 4.78 is 1.85. The Morgan fingerprint density at radius 1 is 1.22 bits per heavy atom. The molecule has 0 amide bonds. The maximum atomic E-state index is 4.60. The van der Waals surface area contributed by atoms with Gasteiger partial charge in [-0.15, -0.1) is 15.3 Å². The van der Waals surface area contributed by atoms with Crippen molar-refractivity contribution >= 4 is 11.5 Å². The third-order valence-electron chi connectivity index (χ3n) is 3.51. The normalized spacial score (nSPS) is 16.8. The van der Waals surface area contributed by atoms with Gasteiger partial charge in [0.1, 0.15) is 5.82 Å². The van der Waals surface area contributed by atoms with Gasteiger partial charge in [-0.1, -0.05) is 26.7 Å². The van der Waals surface area contributed by atoms with Gasteiger partial charge in [-0.3, -0.25) is 0 Å². The highest BCUT2D eigenvalue weighted by Crippen LogP contribution is 2.21. The first kappa shape index (κ1) is 11.4. The van der Waals surface area contributed by atoms with Gasteiger partial charge in [-0.25, -0.2) is 0 Å². The minimum absolute atomic E-state index is 0.328. The van der Waals surface area contributed by atoms with Crippen LogP contribution in [-0.2, 0) is 0 Å². The van der Waals surface area contributed by atoms with E-state index < -0.39 is 0 Å². The van der Waals surface area contributed by atoms with Crippen molar-refractivity contribution in [2.24, 2.45) is 0 Å². The number of hydrogen-bond donors (Lipinski definition) is 1. The van der Waals surface area contributed by atoms with Gasteiger partial charge < -0.3 is 5.32 Å². The van der Waals surface area contributed by atoms with Crippen molar-refractivity contribution in [1.29, 1.82) is 0 Å². The molecular weight excluding hydrogens is 226 g/mol. The Hall–Kier alpha value is -1.65. The molecule has 1 aliphatic carbocycles. The number of aromatic nitrogens is 4. The molecule has 5 nitrogen and oxygen atoms in total. The molecule has 0 unspecified atom stereocenters. The topological polar surface area (TPSA) is 55.1 Å². The largest absolute Gasteiger partial charge is 0.366 e. The second kappa shape index (κ2) is 4.55. The van der Waals surface area contributed by atoms with E-state index in [1.54, 1.807) is 0 Å². The molecule has 2 aromatic heterocycles. The molecule has 96 valence electrons. The average Bonchev–Trinajstić information content (AvgIpc) is 2.97. The molecule has 18 heavy (non-hydrogen) atoms. The number of nitrogens with zero attached hydrogens (tertiary/aromatic N) is 4. The summed E-state index contributed by atoms with van der Waals surface area (Å²) in [6.07, 6.45) is 5.14. The zero-order valence-corrected chi connectivity index (χ0v) is 10.9. The van der Waals surface area contributed by atoms with Crippen molar-refractivity contribution in [1.82, 2.24) is 19.8 Å². The fraction of sp³-hybridized carbons (Fsp3) is 0.615. The van der Waals surface area contributed by atoms with E-state index in [0.29, 0.717) is 12.0 Å². The lowest BCUT2D eigenvalue weighted by Crippen LogP contribution is -2.16. The van der Waals surface area contributed by atoms with Crippen LogP contribution < -0.4 is 5.32 Å². The predicted octanol–water partition coefficient (Wildman–Crippen LogP) is 2.60. The minimum Gasteiger partial charge on any atom is -0.366 e. The predicted molar refractivity (Wildman–Crippen MR) is 70.7 cm³/mol. The highest BCUT2D eigenvalue weighted by Gasteiger charge is 2.16. The fourth-order valence-corrected chi connectivity index (χ4v) is 2.52. The van der Waals surface area contributed by atoms with E-state index in [9.17, 15) is 0 Å². The number of rotatable bonds is 3. The van der Waals surface area contributed by atoms with Gasteiger partial charge in [-0.05, 0) is 25.0 Å². The number of anilines is 1. The molecule has 0 saturated heterocycles. The summed E-state index contributed by atoms with van der Waals surface area (Å²) in [7, 11) is 0. The van der Waals surface area contributed by atoms with Crippen LogP contribution in [0.3, 0.4) is 0 Å². The van der Waals surface area contributed by atoms with Crippen LogP contribution in [-0.4, -0.2) is 25.9 Å². The van der Waals surface area contributed by atoms with E-state index in [1.165, 1.54) is 25.7 Å². The first-order valence-electron chi connectivity index (χ1n) is 6.73. The van der Waals surface area contributed by atoms with E-state index in [2.05, 4.69) is 34.5 Å². The SMILES string of the molecule is CC(C)c1nnc2ccc(NC3CCCC3)nn12. The molecule has 1 aliphatic rings. The standard InChI is InChI=1S/C13H19N5/c1-9(2)13-16-15-12-8-7-11(17-18(12)13)14-10-5-3-4-6-10/h7-10H,3-6H2,1-2H3,(H,14,17).